The molecule has 0 aromatic heterocycles. The van der Waals surface area contributed by atoms with E-state index in [-0.39, 0.29) is 24.4 Å². The summed E-state index contributed by atoms with van der Waals surface area (Å²) >= 11 is 0. The molecule has 3 fully saturated rings. The third-order valence-corrected chi connectivity index (χ3v) is 6.22. The largest absolute Gasteiger partial charge is 0.326 e. The van der Waals surface area contributed by atoms with E-state index in [9.17, 15) is 4.79 Å². The number of likely N-dealkylation sites (tertiary alicyclic amines) is 1. The molecule has 23 heavy (non-hydrogen) atoms. The van der Waals surface area contributed by atoms with Crippen LogP contribution in [-0.4, -0.2) is 36.0 Å². The molecule has 1 aliphatic heterocycles. The van der Waals surface area contributed by atoms with Crippen LogP contribution in [0.2, 0.25) is 0 Å². The lowest BCUT2D eigenvalue weighted by Gasteiger charge is -2.43. The van der Waals surface area contributed by atoms with Gasteiger partial charge in [0, 0.05) is 12.6 Å². The first kappa shape index (κ1) is 18.5. The summed E-state index contributed by atoms with van der Waals surface area (Å²) in [6, 6.07) is 2.56. The lowest BCUT2D eigenvalue weighted by Crippen LogP contribution is -2.45. The van der Waals surface area contributed by atoms with Crippen LogP contribution in [-0.2, 0) is 4.79 Å². The van der Waals surface area contributed by atoms with E-state index in [1.54, 1.807) is 4.90 Å². The number of amides is 1. The van der Waals surface area contributed by atoms with E-state index in [1.807, 2.05) is 0 Å². The number of hydrogen-bond donors (Lipinski definition) is 1. The fourth-order valence-electron chi connectivity index (χ4n) is 4.77. The molecule has 1 atom stereocenters. The highest BCUT2D eigenvalue weighted by Gasteiger charge is 2.36. The first-order chi connectivity index (χ1) is 10.7. The van der Waals surface area contributed by atoms with Crippen LogP contribution in [0.3, 0.4) is 0 Å². The van der Waals surface area contributed by atoms with Gasteiger partial charge in [0.05, 0.1) is 12.6 Å². The van der Waals surface area contributed by atoms with Crippen LogP contribution >= 0.6 is 12.4 Å². The fourth-order valence-corrected chi connectivity index (χ4v) is 4.77. The van der Waals surface area contributed by atoms with Crippen LogP contribution in [0.1, 0.15) is 70.6 Å². The van der Waals surface area contributed by atoms with Crippen molar-refractivity contribution in [2.24, 2.45) is 5.41 Å². The lowest BCUT2D eigenvalue weighted by atomic mass is 9.64. The molecule has 0 radical (unpaired) electrons. The summed E-state index contributed by atoms with van der Waals surface area (Å²) in [6.07, 6.45) is 14.0. The van der Waals surface area contributed by atoms with Crippen LogP contribution in [0.15, 0.2) is 0 Å². The van der Waals surface area contributed by atoms with Crippen LogP contribution < -0.4 is 5.32 Å². The van der Waals surface area contributed by atoms with E-state index in [0.717, 1.165) is 19.4 Å². The molecular weight excluding hydrogens is 310 g/mol. The molecule has 4 nitrogen and oxygen atoms in total. The van der Waals surface area contributed by atoms with E-state index >= 15 is 0 Å². The maximum absolute atomic E-state index is 12.3. The van der Waals surface area contributed by atoms with E-state index in [2.05, 4.69) is 11.4 Å². The van der Waals surface area contributed by atoms with Crippen molar-refractivity contribution >= 4 is 18.3 Å². The van der Waals surface area contributed by atoms with Crippen molar-refractivity contribution in [3.05, 3.63) is 0 Å². The quantitative estimate of drug-likeness (QED) is 0.857. The van der Waals surface area contributed by atoms with Gasteiger partial charge in [-0.05, 0) is 56.8 Å². The summed E-state index contributed by atoms with van der Waals surface area (Å²) in [6.45, 7) is 1.17. The number of nitriles is 1. The molecule has 2 saturated carbocycles. The Kier molecular flexibility index (Phi) is 6.73. The topological polar surface area (TPSA) is 56.1 Å². The van der Waals surface area contributed by atoms with Gasteiger partial charge in [0.15, 0.2) is 0 Å². The fraction of sp³-hybridized carbons (Fsp3) is 0.889. The molecule has 2 aliphatic carbocycles. The van der Waals surface area contributed by atoms with Crippen LogP contribution in [0.25, 0.3) is 0 Å². The summed E-state index contributed by atoms with van der Waals surface area (Å²) in [5, 5.41) is 12.5. The second-order valence-corrected chi connectivity index (χ2v) is 7.59. The van der Waals surface area contributed by atoms with Crippen LogP contribution in [0.5, 0.6) is 0 Å². The predicted octanol–water partition coefficient (Wildman–Crippen LogP) is 3.41. The molecule has 130 valence electrons. The Hall–Kier alpha value is -0.790. The van der Waals surface area contributed by atoms with Gasteiger partial charge in [-0.15, -0.1) is 12.4 Å². The minimum absolute atomic E-state index is 0. The first-order valence-corrected chi connectivity index (χ1v) is 9.15. The number of carbonyl (C=O) groups excluding carboxylic acids is 1. The third-order valence-electron chi connectivity index (χ3n) is 6.22. The summed E-state index contributed by atoms with van der Waals surface area (Å²) in [5.74, 6) is 0.113. The molecule has 0 unspecified atom stereocenters. The molecule has 0 bridgehead atoms. The predicted molar refractivity (Wildman–Crippen MR) is 93.4 cm³/mol. The zero-order valence-electron chi connectivity index (χ0n) is 14.1. The zero-order chi connectivity index (χ0) is 15.4. The van der Waals surface area contributed by atoms with Gasteiger partial charge in [-0.25, -0.2) is 0 Å². The number of carbonyl (C=O) groups is 1. The molecule has 1 heterocycles. The van der Waals surface area contributed by atoms with Gasteiger partial charge in [-0.2, -0.15) is 5.26 Å². The zero-order valence-corrected chi connectivity index (χ0v) is 14.9. The SMILES string of the molecule is Cl.N#C[C@@H]1CCCN1C(=O)CNC1CCC2(CCCCC2)CC1. The van der Waals surface area contributed by atoms with E-state index in [0.29, 0.717) is 18.0 Å². The number of rotatable bonds is 3. The Balaban J connectivity index is 0.00000192. The van der Waals surface area contributed by atoms with Gasteiger partial charge >= 0.3 is 0 Å². The highest BCUT2D eigenvalue weighted by molar-refractivity contribution is 5.85. The van der Waals surface area contributed by atoms with Gasteiger partial charge < -0.3 is 10.2 Å². The number of nitrogens with zero attached hydrogens (tertiary/aromatic N) is 2. The summed E-state index contributed by atoms with van der Waals surface area (Å²) in [7, 11) is 0. The smallest absolute Gasteiger partial charge is 0.237 e. The van der Waals surface area contributed by atoms with Gasteiger partial charge in [-0.3, -0.25) is 4.79 Å². The first-order valence-electron chi connectivity index (χ1n) is 9.15. The minimum Gasteiger partial charge on any atom is -0.326 e. The number of hydrogen-bond acceptors (Lipinski definition) is 3. The monoisotopic (exact) mass is 339 g/mol. The minimum atomic E-state index is -0.189. The summed E-state index contributed by atoms with van der Waals surface area (Å²) in [5.41, 5.74) is 0.640. The Morgan fingerprint density at radius 3 is 2.43 bits per heavy atom. The van der Waals surface area contributed by atoms with Crippen LogP contribution in [0, 0.1) is 16.7 Å². The van der Waals surface area contributed by atoms with Crippen molar-refractivity contribution in [1.82, 2.24) is 10.2 Å². The third kappa shape index (κ3) is 4.39. The normalized spacial score (nSPS) is 27.4. The van der Waals surface area contributed by atoms with Crippen molar-refractivity contribution in [2.75, 3.05) is 13.1 Å². The van der Waals surface area contributed by atoms with Gasteiger partial charge in [0.2, 0.25) is 5.91 Å². The molecule has 1 spiro atoms. The maximum Gasteiger partial charge on any atom is 0.237 e. The number of nitrogens with one attached hydrogen (secondary N) is 1. The molecule has 0 aromatic carbocycles. The van der Waals surface area contributed by atoms with E-state index in [4.69, 9.17) is 5.26 Å². The van der Waals surface area contributed by atoms with Crippen molar-refractivity contribution < 1.29 is 4.79 Å². The van der Waals surface area contributed by atoms with Crippen molar-refractivity contribution in [1.29, 1.82) is 5.26 Å². The van der Waals surface area contributed by atoms with Crippen molar-refractivity contribution in [3.63, 3.8) is 0 Å². The lowest BCUT2D eigenvalue weighted by molar-refractivity contribution is -0.130. The van der Waals surface area contributed by atoms with Gasteiger partial charge in [0.1, 0.15) is 6.04 Å². The summed E-state index contributed by atoms with van der Waals surface area (Å²) < 4.78 is 0. The van der Waals surface area contributed by atoms with E-state index in [1.165, 1.54) is 57.8 Å². The Labute approximate surface area is 146 Å². The van der Waals surface area contributed by atoms with E-state index < -0.39 is 0 Å². The standard InChI is InChI=1S/C18H29N3O.ClH/c19-13-16-5-4-12-21(16)17(22)14-20-15-6-10-18(11-7-15)8-2-1-3-9-18;/h15-16,20H,1-12,14H2;1H/t16-;/m0./s1. The average molecular weight is 340 g/mol. The molecule has 1 amide bonds. The van der Waals surface area contributed by atoms with Crippen LogP contribution in [0.4, 0.5) is 0 Å². The average Bonchev–Trinajstić information content (AvgIpc) is 3.04. The second kappa shape index (κ2) is 8.35. The number of halogens is 1. The Bertz CT molecular complexity index is 432. The second-order valence-electron chi connectivity index (χ2n) is 7.59. The maximum atomic E-state index is 12.3. The molecule has 1 saturated heterocycles. The van der Waals surface area contributed by atoms with Gasteiger partial charge in [-0.1, -0.05) is 19.3 Å². The Morgan fingerprint density at radius 1 is 1.09 bits per heavy atom. The molecule has 5 heteroatoms. The summed E-state index contributed by atoms with van der Waals surface area (Å²) in [4.78, 5) is 14.0. The molecular formula is C18H30ClN3O. The van der Waals surface area contributed by atoms with Crippen molar-refractivity contribution in [3.8, 4) is 6.07 Å². The van der Waals surface area contributed by atoms with Crippen molar-refractivity contribution in [2.45, 2.75) is 82.7 Å². The molecule has 1 N–H and O–H groups in total. The highest BCUT2D eigenvalue weighted by atomic mass is 35.5. The molecule has 0 aromatic rings. The highest BCUT2D eigenvalue weighted by Crippen LogP contribution is 2.47. The molecule has 3 aliphatic rings. The van der Waals surface area contributed by atoms with Gasteiger partial charge in [0.25, 0.3) is 0 Å². The Morgan fingerprint density at radius 2 is 1.78 bits per heavy atom. The molecule has 3 rings (SSSR count).